The second-order valence-corrected chi connectivity index (χ2v) is 4.52. The number of imide groups is 1. The molecule has 104 valence electrons. The molecule has 0 saturated heterocycles. The number of amides is 3. The molecule has 0 radical (unpaired) electrons. The van der Waals surface area contributed by atoms with Crippen LogP contribution in [0.1, 0.15) is 32.3 Å². The summed E-state index contributed by atoms with van der Waals surface area (Å²) >= 11 is 0. The highest BCUT2D eigenvalue weighted by Gasteiger charge is 2.18. The van der Waals surface area contributed by atoms with Gasteiger partial charge in [0.1, 0.15) is 5.75 Å². The summed E-state index contributed by atoms with van der Waals surface area (Å²) in [5.41, 5.74) is 1.03. The molecule has 0 bridgehead atoms. The Hall–Kier alpha value is -2.04. The lowest BCUT2D eigenvalue weighted by molar-refractivity contribution is -0.126. The Balaban J connectivity index is 2.74. The number of carbonyl (C=O) groups is 2. The van der Waals surface area contributed by atoms with Gasteiger partial charge in [0.2, 0.25) is 0 Å². The number of ether oxygens (including phenoxy) is 1. The second kappa shape index (κ2) is 6.78. The summed E-state index contributed by atoms with van der Waals surface area (Å²) < 4.78 is 5.62. The summed E-state index contributed by atoms with van der Waals surface area (Å²) in [5, 5.41) is 4.50. The van der Waals surface area contributed by atoms with Crippen molar-refractivity contribution in [3.63, 3.8) is 0 Å². The fourth-order valence-corrected chi connectivity index (χ4v) is 1.58. The minimum absolute atomic E-state index is 0.297. The van der Waals surface area contributed by atoms with Crippen LogP contribution in [-0.2, 0) is 4.79 Å². The van der Waals surface area contributed by atoms with Gasteiger partial charge in [-0.15, -0.1) is 0 Å². The van der Waals surface area contributed by atoms with E-state index in [1.54, 1.807) is 6.92 Å². The lowest BCUT2D eigenvalue weighted by Crippen LogP contribution is -2.44. The third kappa shape index (κ3) is 4.28. The maximum absolute atomic E-state index is 11.7. The zero-order chi connectivity index (χ0) is 14.4. The van der Waals surface area contributed by atoms with Crippen LogP contribution >= 0.6 is 0 Å². The van der Waals surface area contributed by atoms with E-state index in [-0.39, 0.29) is 0 Å². The van der Waals surface area contributed by atoms with E-state index in [9.17, 15) is 9.59 Å². The Kier molecular flexibility index (Phi) is 5.36. The summed E-state index contributed by atoms with van der Waals surface area (Å²) in [6, 6.07) is 7.02. The third-order valence-corrected chi connectivity index (χ3v) is 2.68. The summed E-state index contributed by atoms with van der Waals surface area (Å²) in [7, 11) is 1.45. The molecule has 0 aliphatic carbocycles. The molecule has 0 spiro atoms. The number of carbonyl (C=O) groups excluding carboxylic acids is 2. The largest absolute Gasteiger partial charge is 0.481 e. The average molecular weight is 264 g/mol. The lowest BCUT2D eigenvalue weighted by Gasteiger charge is -2.18. The van der Waals surface area contributed by atoms with Crippen molar-refractivity contribution in [3.05, 3.63) is 29.8 Å². The monoisotopic (exact) mass is 264 g/mol. The van der Waals surface area contributed by atoms with Gasteiger partial charge in [-0.3, -0.25) is 10.1 Å². The molecular formula is C14H20N2O3. The van der Waals surface area contributed by atoms with Crippen molar-refractivity contribution in [2.75, 3.05) is 7.05 Å². The molecule has 5 heteroatoms. The van der Waals surface area contributed by atoms with E-state index in [0.29, 0.717) is 11.7 Å². The maximum atomic E-state index is 11.7. The minimum atomic E-state index is -0.739. The van der Waals surface area contributed by atoms with Gasteiger partial charge in [-0.1, -0.05) is 32.0 Å². The van der Waals surface area contributed by atoms with Crippen molar-refractivity contribution >= 4 is 11.9 Å². The minimum Gasteiger partial charge on any atom is -0.481 e. The molecule has 2 N–H and O–H groups in total. The van der Waals surface area contributed by atoms with Crippen LogP contribution in [0.4, 0.5) is 4.79 Å². The second-order valence-electron chi connectivity index (χ2n) is 4.52. The SMILES string of the molecule is CNC(=O)NC(=O)C(C)Oc1ccccc1C(C)C. The van der Waals surface area contributed by atoms with Crippen LogP contribution < -0.4 is 15.4 Å². The van der Waals surface area contributed by atoms with Crippen LogP contribution in [0.5, 0.6) is 5.75 Å². The molecule has 3 amide bonds. The topological polar surface area (TPSA) is 67.4 Å². The van der Waals surface area contributed by atoms with Crippen molar-refractivity contribution in [1.82, 2.24) is 10.6 Å². The first kappa shape index (κ1) is 15.0. The number of para-hydroxylation sites is 1. The molecule has 1 atom stereocenters. The highest BCUT2D eigenvalue weighted by atomic mass is 16.5. The van der Waals surface area contributed by atoms with Gasteiger partial charge in [-0.2, -0.15) is 0 Å². The summed E-state index contributed by atoms with van der Waals surface area (Å²) in [6.45, 7) is 5.71. The predicted molar refractivity (Wildman–Crippen MR) is 73.2 cm³/mol. The number of hydrogen-bond donors (Lipinski definition) is 2. The van der Waals surface area contributed by atoms with E-state index >= 15 is 0 Å². The number of benzene rings is 1. The maximum Gasteiger partial charge on any atom is 0.321 e. The molecule has 1 aromatic carbocycles. The first-order chi connectivity index (χ1) is 8.95. The summed E-state index contributed by atoms with van der Waals surface area (Å²) in [6.07, 6.45) is -0.739. The van der Waals surface area contributed by atoms with Gasteiger partial charge in [-0.05, 0) is 24.5 Å². The van der Waals surface area contributed by atoms with Crippen LogP contribution in [0, 0.1) is 0 Å². The molecule has 0 heterocycles. The van der Waals surface area contributed by atoms with Gasteiger partial charge in [0.05, 0.1) is 0 Å². The van der Waals surface area contributed by atoms with Crippen molar-refractivity contribution in [2.45, 2.75) is 32.8 Å². The smallest absolute Gasteiger partial charge is 0.321 e. The zero-order valence-electron chi connectivity index (χ0n) is 11.7. The molecule has 1 aromatic rings. The molecular weight excluding hydrogens is 244 g/mol. The standard InChI is InChI=1S/C14H20N2O3/c1-9(2)11-7-5-6-8-12(11)19-10(3)13(17)16-14(18)15-4/h5-10H,1-4H3,(H2,15,16,17,18). The van der Waals surface area contributed by atoms with E-state index in [1.165, 1.54) is 7.05 Å². The van der Waals surface area contributed by atoms with Gasteiger partial charge >= 0.3 is 6.03 Å². The van der Waals surface area contributed by atoms with Crippen molar-refractivity contribution in [1.29, 1.82) is 0 Å². The van der Waals surface area contributed by atoms with Gasteiger partial charge in [0.25, 0.3) is 5.91 Å². The van der Waals surface area contributed by atoms with Crippen LogP contribution in [0.15, 0.2) is 24.3 Å². The lowest BCUT2D eigenvalue weighted by atomic mass is 10.0. The Morgan fingerprint density at radius 1 is 1.16 bits per heavy atom. The normalized spacial score (nSPS) is 11.8. The van der Waals surface area contributed by atoms with E-state index in [0.717, 1.165) is 5.56 Å². The molecule has 19 heavy (non-hydrogen) atoms. The van der Waals surface area contributed by atoms with E-state index in [4.69, 9.17) is 4.74 Å². The average Bonchev–Trinajstić information content (AvgIpc) is 2.38. The zero-order valence-corrected chi connectivity index (χ0v) is 11.7. The van der Waals surface area contributed by atoms with Crippen LogP contribution in [0.25, 0.3) is 0 Å². The number of nitrogens with one attached hydrogen (secondary N) is 2. The Morgan fingerprint density at radius 2 is 1.79 bits per heavy atom. The predicted octanol–water partition coefficient (Wildman–Crippen LogP) is 2.03. The number of rotatable bonds is 4. The summed E-state index contributed by atoms with van der Waals surface area (Å²) in [5.74, 6) is 0.486. The third-order valence-electron chi connectivity index (χ3n) is 2.68. The number of urea groups is 1. The summed E-state index contributed by atoms with van der Waals surface area (Å²) in [4.78, 5) is 22.8. The van der Waals surface area contributed by atoms with E-state index in [2.05, 4.69) is 24.5 Å². The van der Waals surface area contributed by atoms with Gasteiger partial charge < -0.3 is 10.1 Å². The van der Waals surface area contributed by atoms with Crippen LogP contribution in [0.3, 0.4) is 0 Å². The molecule has 0 aliphatic rings. The molecule has 0 aliphatic heterocycles. The highest BCUT2D eigenvalue weighted by molar-refractivity contribution is 5.96. The molecule has 5 nitrogen and oxygen atoms in total. The quantitative estimate of drug-likeness (QED) is 0.874. The van der Waals surface area contributed by atoms with Crippen LogP contribution in [0.2, 0.25) is 0 Å². The fourth-order valence-electron chi connectivity index (χ4n) is 1.58. The molecule has 1 rings (SSSR count). The van der Waals surface area contributed by atoms with Crippen LogP contribution in [-0.4, -0.2) is 25.1 Å². The number of hydrogen-bond acceptors (Lipinski definition) is 3. The van der Waals surface area contributed by atoms with Crippen molar-refractivity contribution in [3.8, 4) is 5.75 Å². The first-order valence-corrected chi connectivity index (χ1v) is 6.23. The Morgan fingerprint density at radius 3 is 2.37 bits per heavy atom. The van der Waals surface area contributed by atoms with Crippen molar-refractivity contribution in [2.24, 2.45) is 0 Å². The van der Waals surface area contributed by atoms with E-state index in [1.807, 2.05) is 24.3 Å². The van der Waals surface area contributed by atoms with E-state index < -0.39 is 18.0 Å². The fraction of sp³-hybridized carbons (Fsp3) is 0.429. The molecule has 0 fully saturated rings. The highest BCUT2D eigenvalue weighted by Crippen LogP contribution is 2.26. The first-order valence-electron chi connectivity index (χ1n) is 6.23. The molecule has 0 saturated carbocycles. The van der Waals surface area contributed by atoms with Gasteiger partial charge in [0, 0.05) is 7.05 Å². The Labute approximate surface area is 113 Å². The molecule has 0 aromatic heterocycles. The Bertz CT molecular complexity index is 458. The van der Waals surface area contributed by atoms with Gasteiger partial charge in [0.15, 0.2) is 6.10 Å². The molecule has 1 unspecified atom stereocenters. The van der Waals surface area contributed by atoms with Crippen molar-refractivity contribution < 1.29 is 14.3 Å². The van der Waals surface area contributed by atoms with Gasteiger partial charge in [-0.25, -0.2) is 4.79 Å².